The van der Waals surface area contributed by atoms with Gasteiger partial charge in [-0.25, -0.2) is 4.98 Å². The molecule has 1 aromatic carbocycles. The first kappa shape index (κ1) is 16.6. The number of carbonyl (C=O) groups is 1. The van der Waals surface area contributed by atoms with Crippen LogP contribution in [-0.4, -0.2) is 27.3 Å². The molecule has 5 nitrogen and oxygen atoms in total. The van der Waals surface area contributed by atoms with E-state index in [0.29, 0.717) is 13.0 Å². The second kappa shape index (κ2) is 6.87. The second-order valence-corrected chi connectivity index (χ2v) is 7.88. The van der Waals surface area contributed by atoms with Gasteiger partial charge in [-0.3, -0.25) is 4.79 Å². The van der Waals surface area contributed by atoms with Gasteiger partial charge in [0, 0.05) is 30.5 Å². The molecule has 1 amide bonds. The Labute approximate surface area is 158 Å². The van der Waals surface area contributed by atoms with Crippen molar-refractivity contribution in [2.75, 3.05) is 6.54 Å². The fraction of sp³-hybridized carbons (Fsp3) is 0.455. The molecule has 5 heteroatoms. The number of hydrogen-bond acceptors (Lipinski definition) is 3. The topological polar surface area (TPSA) is 62.1 Å². The van der Waals surface area contributed by atoms with Crippen LogP contribution in [0.5, 0.6) is 0 Å². The van der Waals surface area contributed by atoms with E-state index >= 15 is 0 Å². The van der Waals surface area contributed by atoms with E-state index in [2.05, 4.69) is 16.0 Å². The summed E-state index contributed by atoms with van der Waals surface area (Å²) in [6.07, 6.45) is 9.39. The van der Waals surface area contributed by atoms with Crippen molar-refractivity contribution in [3.8, 4) is 0 Å². The molecular weight excluding hydrogens is 338 g/mol. The van der Waals surface area contributed by atoms with Crippen LogP contribution in [0.3, 0.4) is 0 Å². The van der Waals surface area contributed by atoms with Gasteiger partial charge in [0.15, 0.2) is 0 Å². The number of hydrogen-bond donors (Lipinski definition) is 1. The number of nitrogens with zero attached hydrogens (tertiary/aromatic N) is 2. The Bertz CT molecular complexity index is 918. The highest BCUT2D eigenvalue weighted by Gasteiger charge is 2.36. The summed E-state index contributed by atoms with van der Waals surface area (Å²) in [6.45, 7) is 0.709. The zero-order valence-corrected chi connectivity index (χ0v) is 15.5. The van der Waals surface area contributed by atoms with E-state index in [1.807, 2.05) is 29.2 Å². The summed E-state index contributed by atoms with van der Waals surface area (Å²) in [5, 5.41) is 1.06. The van der Waals surface area contributed by atoms with Crippen LogP contribution in [0, 0.1) is 5.92 Å². The van der Waals surface area contributed by atoms with Gasteiger partial charge >= 0.3 is 0 Å². The zero-order chi connectivity index (χ0) is 18.2. The van der Waals surface area contributed by atoms with Crippen molar-refractivity contribution in [2.45, 2.75) is 51.0 Å². The molecule has 1 aliphatic carbocycles. The van der Waals surface area contributed by atoms with Crippen molar-refractivity contribution in [3.05, 3.63) is 53.8 Å². The van der Waals surface area contributed by atoms with Crippen LogP contribution in [0.2, 0.25) is 0 Å². The summed E-state index contributed by atoms with van der Waals surface area (Å²) in [7, 11) is 0. The highest BCUT2D eigenvalue weighted by molar-refractivity contribution is 5.80. The van der Waals surface area contributed by atoms with E-state index in [-0.39, 0.29) is 11.9 Å². The van der Waals surface area contributed by atoms with Gasteiger partial charge < -0.3 is 14.3 Å². The van der Waals surface area contributed by atoms with Crippen LogP contribution in [0.1, 0.15) is 61.7 Å². The molecule has 0 bridgehead atoms. The molecule has 1 fully saturated rings. The van der Waals surface area contributed by atoms with E-state index in [9.17, 15) is 4.79 Å². The molecule has 0 unspecified atom stereocenters. The third-order valence-corrected chi connectivity index (χ3v) is 6.20. The quantitative estimate of drug-likeness (QED) is 0.737. The molecule has 3 aromatic rings. The number of aromatic amines is 1. The van der Waals surface area contributed by atoms with Gasteiger partial charge in [0.25, 0.3) is 0 Å². The third kappa shape index (κ3) is 3.05. The summed E-state index contributed by atoms with van der Waals surface area (Å²) in [5.74, 6) is 1.75. The SMILES string of the molecule is O=C(CCC1CCCC1)N1CCc2[nH]cnc2[C@H]1c1cc2ccccc2o1. The predicted molar refractivity (Wildman–Crippen MR) is 103 cm³/mol. The number of amides is 1. The van der Waals surface area contributed by atoms with Crippen molar-refractivity contribution < 1.29 is 9.21 Å². The molecule has 2 aliphatic rings. The minimum absolute atomic E-state index is 0.223. The van der Waals surface area contributed by atoms with E-state index in [0.717, 1.165) is 46.9 Å². The average Bonchev–Trinajstić information content (AvgIpc) is 3.45. The highest BCUT2D eigenvalue weighted by atomic mass is 16.3. The summed E-state index contributed by atoms with van der Waals surface area (Å²) < 4.78 is 6.14. The lowest BCUT2D eigenvalue weighted by Gasteiger charge is -2.34. The van der Waals surface area contributed by atoms with Crippen LogP contribution >= 0.6 is 0 Å². The number of para-hydroxylation sites is 1. The standard InChI is InChI=1S/C22H25N3O2/c26-20(10-9-15-5-1-2-6-15)25-12-11-17-21(24-14-23-17)22(25)19-13-16-7-3-4-8-18(16)27-19/h3-4,7-8,13-15,22H,1-2,5-6,9-12H2,(H,23,24)/t22-/m1/s1. The van der Waals surface area contributed by atoms with Gasteiger partial charge in [0.05, 0.1) is 12.0 Å². The average molecular weight is 363 g/mol. The van der Waals surface area contributed by atoms with Crippen LogP contribution in [0.15, 0.2) is 41.1 Å². The smallest absolute Gasteiger partial charge is 0.223 e. The monoisotopic (exact) mass is 363 g/mol. The molecule has 2 aromatic heterocycles. The number of fused-ring (bicyclic) bond motifs is 2. The molecule has 1 saturated carbocycles. The van der Waals surface area contributed by atoms with Gasteiger partial charge in [0.2, 0.25) is 5.91 Å². The van der Waals surface area contributed by atoms with Gasteiger partial charge in [-0.2, -0.15) is 0 Å². The minimum atomic E-state index is -0.233. The first-order valence-electron chi connectivity index (χ1n) is 10.1. The van der Waals surface area contributed by atoms with E-state index in [1.165, 1.54) is 25.7 Å². The lowest BCUT2D eigenvalue weighted by Crippen LogP contribution is -2.40. The highest BCUT2D eigenvalue weighted by Crippen LogP contribution is 2.37. The number of rotatable bonds is 4. The van der Waals surface area contributed by atoms with Crippen molar-refractivity contribution in [1.82, 2.24) is 14.9 Å². The van der Waals surface area contributed by atoms with Crippen molar-refractivity contribution in [3.63, 3.8) is 0 Å². The Hall–Kier alpha value is -2.56. The summed E-state index contributed by atoms with van der Waals surface area (Å²) in [5.41, 5.74) is 2.89. The fourth-order valence-corrected chi connectivity index (χ4v) is 4.74. The van der Waals surface area contributed by atoms with E-state index in [4.69, 9.17) is 4.42 Å². The van der Waals surface area contributed by atoms with Gasteiger partial charge in [0.1, 0.15) is 17.4 Å². The molecule has 1 N–H and O–H groups in total. The number of aromatic nitrogens is 2. The Morgan fingerprint density at radius 3 is 2.96 bits per heavy atom. The van der Waals surface area contributed by atoms with Crippen molar-refractivity contribution >= 4 is 16.9 Å². The molecule has 0 spiro atoms. The Morgan fingerprint density at radius 1 is 1.26 bits per heavy atom. The van der Waals surface area contributed by atoms with Gasteiger partial charge in [-0.15, -0.1) is 0 Å². The first-order valence-corrected chi connectivity index (χ1v) is 10.1. The van der Waals surface area contributed by atoms with Gasteiger partial charge in [-0.1, -0.05) is 43.9 Å². The third-order valence-electron chi connectivity index (χ3n) is 6.20. The van der Waals surface area contributed by atoms with Gasteiger partial charge in [-0.05, 0) is 24.5 Å². The summed E-state index contributed by atoms with van der Waals surface area (Å²) in [4.78, 5) is 22.9. The largest absolute Gasteiger partial charge is 0.458 e. The Morgan fingerprint density at radius 2 is 2.11 bits per heavy atom. The Kier molecular flexibility index (Phi) is 4.23. The van der Waals surface area contributed by atoms with Crippen LogP contribution in [0.4, 0.5) is 0 Å². The molecular formula is C22H25N3O2. The van der Waals surface area contributed by atoms with E-state index in [1.54, 1.807) is 6.33 Å². The van der Waals surface area contributed by atoms with Crippen molar-refractivity contribution in [1.29, 1.82) is 0 Å². The number of carbonyl (C=O) groups excluding carboxylic acids is 1. The molecule has 5 rings (SSSR count). The second-order valence-electron chi connectivity index (χ2n) is 7.88. The first-order chi connectivity index (χ1) is 13.3. The molecule has 1 atom stereocenters. The number of benzene rings is 1. The number of nitrogens with one attached hydrogen (secondary N) is 1. The number of H-pyrrole nitrogens is 1. The molecule has 0 saturated heterocycles. The maximum absolute atomic E-state index is 13.1. The fourth-order valence-electron chi connectivity index (χ4n) is 4.74. The lowest BCUT2D eigenvalue weighted by atomic mass is 9.97. The number of imidazole rings is 1. The van der Waals surface area contributed by atoms with E-state index < -0.39 is 0 Å². The molecule has 27 heavy (non-hydrogen) atoms. The normalized spacial score (nSPS) is 20.3. The van der Waals surface area contributed by atoms with Crippen molar-refractivity contribution in [2.24, 2.45) is 5.92 Å². The zero-order valence-electron chi connectivity index (χ0n) is 15.5. The Balaban J connectivity index is 1.45. The molecule has 3 heterocycles. The lowest BCUT2D eigenvalue weighted by molar-refractivity contribution is -0.134. The predicted octanol–water partition coefficient (Wildman–Crippen LogP) is 4.60. The maximum Gasteiger partial charge on any atom is 0.223 e. The van der Waals surface area contributed by atoms with Crippen LogP contribution in [0.25, 0.3) is 11.0 Å². The minimum Gasteiger partial charge on any atom is -0.458 e. The van der Waals surface area contributed by atoms with Crippen LogP contribution in [-0.2, 0) is 11.2 Å². The molecule has 0 radical (unpaired) electrons. The summed E-state index contributed by atoms with van der Waals surface area (Å²) >= 11 is 0. The molecule has 140 valence electrons. The number of furan rings is 1. The molecule has 1 aliphatic heterocycles. The maximum atomic E-state index is 13.1. The summed E-state index contributed by atoms with van der Waals surface area (Å²) in [6, 6.07) is 9.82. The van der Waals surface area contributed by atoms with Crippen LogP contribution < -0.4 is 0 Å².